The van der Waals surface area contributed by atoms with Crippen LogP contribution in [0.2, 0.25) is 0 Å². The van der Waals surface area contributed by atoms with Crippen molar-refractivity contribution in [3.63, 3.8) is 0 Å². The molecule has 105 heavy (non-hydrogen) atoms. The molecule has 0 aromatic carbocycles. The molecule has 0 heterocycles. The van der Waals surface area contributed by atoms with Crippen LogP contribution in [-0.4, -0.2) is 96.7 Å². The Morgan fingerprint density at radius 1 is 0.276 bits per heavy atom. The first kappa shape index (κ1) is 103. The Bertz CT molecular complexity index is 2010. The van der Waals surface area contributed by atoms with Crippen LogP contribution < -0.4 is 0 Å². The molecule has 17 nitrogen and oxygen atoms in total. The molecule has 624 valence electrons. The van der Waals surface area contributed by atoms with Crippen molar-refractivity contribution in [1.82, 2.24) is 0 Å². The zero-order chi connectivity index (χ0) is 77.1. The van der Waals surface area contributed by atoms with Gasteiger partial charge in [0, 0.05) is 25.7 Å². The summed E-state index contributed by atoms with van der Waals surface area (Å²) in [5, 5.41) is 10.7. The predicted molar refractivity (Wildman–Crippen MR) is 432 cm³/mol. The molecule has 0 aliphatic rings. The van der Waals surface area contributed by atoms with E-state index in [0.717, 1.165) is 102 Å². The average Bonchev–Trinajstić information content (AvgIpc) is 0.909. The fourth-order valence-corrected chi connectivity index (χ4v) is 15.0. The van der Waals surface area contributed by atoms with Crippen molar-refractivity contribution in [2.24, 2.45) is 11.8 Å². The lowest BCUT2D eigenvalue weighted by atomic mass is 9.99. The lowest BCUT2D eigenvalue weighted by Gasteiger charge is -2.21. The first-order valence-corrected chi connectivity index (χ1v) is 47.5. The molecule has 3 unspecified atom stereocenters. The first-order chi connectivity index (χ1) is 50.9. The Morgan fingerprint density at radius 3 is 0.724 bits per heavy atom. The van der Waals surface area contributed by atoms with Crippen molar-refractivity contribution in [3.05, 3.63) is 0 Å². The molecular weight excluding hydrogens is 1370 g/mol. The Kier molecular flexibility index (Phi) is 76.0. The van der Waals surface area contributed by atoms with Gasteiger partial charge in [0.15, 0.2) is 12.2 Å². The summed E-state index contributed by atoms with van der Waals surface area (Å²) in [5.74, 6) is -0.554. The van der Waals surface area contributed by atoms with Gasteiger partial charge in [-0.05, 0) is 37.5 Å². The minimum absolute atomic E-state index is 0.107. The van der Waals surface area contributed by atoms with Crippen molar-refractivity contribution < 1.29 is 80.2 Å². The minimum atomic E-state index is -4.97. The Balaban J connectivity index is 5.20. The number of phosphoric acid groups is 2. The van der Waals surface area contributed by atoms with E-state index in [1.807, 2.05) is 0 Å². The highest BCUT2D eigenvalue weighted by atomic mass is 31.2. The van der Waals surface area contributed by atoms with E-state index in [1.54, 1.807) is 0 Å². The van der Waals surface area contributed by atoms with Crippen LogP contribution in [0.15, 0.2) is 0 Å². The molecule has 0 spiro atoms. The average molecular weight is 1540 g/mol. The maximum atomic E-state index is 13.1. The van der Waals surface area contributed by atoms with Crippen LogP contribution >= 0.6 is 15.6 Å². The first-order valence-electron chi connectivity index (χ1n) is 44.5. The highest BCUT2D eigenvalue weighted by Gasteiger charge is 2.30. The van der Waals surface area contributed by atoms with E-state index >= 15 is 0 Å². The van der Waals surface area contributed by atoms with Crippen molar-refractivity contribution in [3.8, 4) is 0 Å². The number of ether oxygens (including phenoxy) is 4. The molecule has 0 bridgehead atoms. The number of esters is 4. The lowest BCUT2D eigenvalue weighted by molar-refractivity contribution is -0.161. The molecule has 0 rings (SSSR count). The van der Waals surface area contributed by atoms with Gasteiger partial charge in [0.25, 0.3) is 0 Å². The number of hydrogen-bond acceptors (Lipinski definition) is 15. The van der Waals surface area contributed by atoms with E-state index in [1.165, 1.54) is 270 Å². The summed E-state index contributed by atoms with van der Waals surface area (Å²) in [5.41, 5.74) is 0. The summed E-state index contributed by atoms with van der Waals surface area (Å²) in [7, 11) is -9.93. The van der Waals surface area contributed by atoms with Gasteiger partial charge >= 0.3 is 39.5 Å². The number of carbonyl (C=O) groups excluding carboxylic acids is 4. The summed E-state index contributed by atoms with van der Waals surface area (Å²) in [6.45, 7) is 9.65. The Labute approximate surface area is 645 Å². The third-order valence-electron chi connectivity index (χ3n) is 20.6. The second-order valence-corrected chi connectivity index (χ2v) is 34.6. The van der Waals surface area contributed by atoms with Crippen LogP contribution in [0.4, 0.5) is 0 Å². The highest BCUT2D eigenvalue weighted by Crippen LogP contribution is 2.45. The monoisotopic (exact) mass is 1540 g/mol. The van der Waals surface area contributed by atoms with Crippen LogP contribution in [0.5, 0.6) is 0 Å². The third-order valence-corrected chi connectivity index (χ3v) is 22.5. The fraction of sp³-hybridized carbons (Fsp3) is 0.953. The molecule has 0 radical (unpaired) electrons. The molecule has 3 N–H and O–H groups in total. The van der Waals surface area contributed by atoms with E-state index in [2.05, 4.69) is 41.5 Å². The topological polar surface area (TPSA) is 237 Å². The van der Waals surface area contributed by atoms with Crippen molar-refractivity contribution >= 4 is 39.5 Å². The lowest BCUT2D eigenvalue weighted by Crippen LogP contribution is -2.30. The molecule has 6 atom stereocenters. The minimum Gasteiger partial charge on any atom is -0.462 e. The van der Waals surface area contributed by atoms with E-state index in [-0.39, 0.29) is 25.7 Å². The van der Waals surface area contributed by atoms with Crippen molar-refractivity contribution in [1.29, 1.82) is 0 Å². The smallest absolute Gasteiger partial charge is 0.462 e. The van der Waals surface area contributed by atoms with Crippen LogP contribution in [-0.2, 0) is 65.4 Å². The number of hydrogen-bond donors (Lipinski definition) is 3. The second-order valence-electron chi connectivity index (χ2n) is 31.6. The van der Waals surface area contributed by atoms with Crippen molar-refractivity contribution in [2.75, 3.05) is 39.6 Å². The largest absolute Gasteiger partial charge is 0.472 e. The highest BCUT2D eigenvalue weighted by molar-refractivity contribution is 7.47. The van der Waals surface area contributed by atoms with Crippen LogP contribution in [0.25, 0.3) is 0 Å². The molecule has 0 aromatic heterocycles. The number of carbonyl (C=O) groups is 4. The van der Waals surface area contributed by atoms with Gasteiger partial charge in [0.2, 0.25) is 0 Å². The molecule has 0 aliphatic heterocycles. The van der Waals surface area contributed by atoms with Crippen LogP contribution in [0.3, 0.4) is 0 Å². The van der Waals surface area contributed by atoms with Gasteiger partial charge in [-0.25, -0.2) is 9.13 Å². The van der Waals surface area contributed by atoms with Gasteiger partial charge in [-0.2, -0.15) is 0 Å². The van der Waals surface area contributed by atoms with E-state index in [0.29, 0.717) is 31.6 Å². The molecule has 0 saturated heterocycles. The SMILES string of the molecule is CCCCCCCCCCCCCCCCCCCCCC(=O)OC[C@H](COP(=O)(O)OC[C@@H](O)COP(=O)(O)OC[C@@H](COC(=O)CCCCCCCCC(C)C)OC(=O)CCCCCCCCCCCCCCCCC)OC(=O)CCCCCCCCCCCCCCCCCCCCC(C)CC. The van der Waals surface area contributed by atoms with Gasteiger partial charge < -0.3 is 33.8 Å². The summed E-state index contributed by atoms with van der Waals surface area (Å²) in [4.78, 5) is 73.1. The van der Waals surface area contributed by atoms with Gasteiger partial charge in [0.1, 0.15) is 19.3 Å². The zero-order valence-electron chi connectivity index (χ0n) is 69.0. The summed E-state index contributed by atoms with van der Waals surface area (Å²) < 4.78 is 68.8. The summed E-state index contributed by atoms with van der Waals surface area (Å²) in [6.07, 6.45) is 69.6. The summed E-state index contributed by atoms with van der Waals surface area (Å²) >= 11 is 0. The molecule has 0 saturated carbocycles. The van der Waals surface area contributed by atoms with Crippen molar-refractivity contribution in [2.45, 2.75) is 477 Å². The number of unbranched alkanes of at least 4 members (excludes halogenated alkanes) is 54. The molecule has 0 aliphatic carbocycles. The summed E-state index contributed by atoms with van der Waals surface area (Å²) in [6, 6.07) is 0. The number of rotatable bonds is 85. The zero-order valence-corrected chi connectivity index (χ0v) is 70.8. The number of phosphoric ester groups is 2. The van der Waals surface area contributed by atoms with E-state index in [4.69, 9.17) is 37.0 Å². The second kappa shape index (κ2) is 77.4. The van der Waals surface area contributed by atoms with E-state index < -0.39 is 97.5 Å². The van der Waals surface area contributed by atoms with Crippen LogP contribution in [0.1, 0.15) is 459 Å². The van der Waals surface area contributed by atoms with Gasteiger partial charge in [-0.1, -0.05) is 408 Å². The fourth-order valence-electron chi connectivity index (χ4n) is 13.4. The maximum Gasteiger partial charge on any atom is 0.472 e. The number of aliphatic hydroxyl groups excluding tert-OH is 1. The molecule has 19 heteroatoms. The molecular formula is C86H168O17P2. The molecule has 0 aromatic rings. The Morgan fingerprint density at radius 2 is 0.486 bits per heavy atom. The van der Waals surface area contributed by atoms with Gasteiger partial charge in [-0.3, -0.25) is 37.3 Å². The quantitative estimate of drug-likeness (QED) is 0.0222. The Hall–Kier alpha value is -1.94. The third kappa shape index (κ3) is 78.5. The van der Waals surface area contributed by atoms with Crippen LogP contribution in [0, 0.1) is 11.8 Å². The molecule has 0 fully saturated rings. The normalized spacial score (nSPS) is 14.1. The van der Waals surface area contributed by atoms with Gasteiger partial charge in [-0.15, -0.1) is 0 Å². The predicted octanol–water partition coefficient (Wildman–Crippen LogP) is 26.2. The van der Waals surface area contributed by atoms with Gasteiger partial charge in [0.05, 0.1) is 26.4 Å². The molecule has 0 amide bonds. The maximum absolute atomic E-state index is 13.1. The number of aliphatic hydroxyl groups is 1. The van der Waals surface area contributed by atoms with E-state index in [9.17, 15) is 43.2 Å². The standard InChI is InChI=1S/C86H168O17P2/c1-7-10-12-14-16-18-20-22-24-25-26-30-34-37-41-45-49-56-62-68-83(88)96-74-81(102-85(90)70-65-59-51-47-43-39-35-31-28-27-29-33-36-40-44-48-55-61-67-79(6)9-3)76-100-104(92,93)98-72-80(87)73-99-105(94,95)101-77-82(75-97-84(89)69-63-57-53-52-54-60-66-78(4)5)103-86(91)71-64-58-50-46-42-38-32-23-21-19-17-15-13-11-8-2/h78-82,87H,7-77H2,1-6H3,(H,92,93)(H,94,95)/t79?,80-,81-,82-/m1/s1.